The van der Waals surface area contributed by atoms with E-state index in [9.17, 15) is 9.90 Å². The monoisotopic (exact) mass is 278 g/mol. The molecule has 2 aromatic heterocycles. The van der Waals surface area contributed by atoms with Gasteiger partial charge in [0.1, 0.15) is 10.7 Å². The van der Waals surface area contributed by atoms with Crippen molar-refractivity contribution in [3.8, 4) is 0 Å². The number of carboxylic acid groups (broad SMARTS) is 1. The first-order valence-electron chi connectivity index (χ1n) is 6.15. The third-order valence-electron chi connectivity index (χ3n) is 3.27. The zero-order valence-electron chi connectivity index (χ0n) is 10.4. The van der Waals surface area contributed by atoms with Gasteiger partial charge in [-0.3, -0.25) is 4.40 Å². The third kappa shape index (κ3) is 2.21. The van der Waals surface area contributed by atoms with Gasteiger partial charge >= 0.3 is 5.97 Å². The summed E-state index contributed by atoms with van der Waals surface area (Å²) in [4.78, 5) is 15.9. The molecule has 3 rings (SSSR count). The Hall–Kier alpha value is -1.53. The Morgan fingerprint density at radius 1 is 1.58 bits per heavy atom. The Bertz CT molecular complexity index is 625. The van der Waals surface area contributed by atoms with Crippen LogP contribution < -0.4 is 0 Å². The van der Waals surface area contributed by atoms with Crippen molar-refractivity contribution >= 4 is 23.4 Å². The summed E-state index contributed by atoms with van der Waals surface area (Å²) in [5.41, 5.74) is 0.897. The molecule has 0 aromatic carbocycles. The maximum Gasteiger partial charge on any atom is 0.355 e. The zero-order valence-corrected chi connectivity index (χ0v) is 11.3. The second kappa shape index (κ2) is 4.86. The van der Waals surface area contributed by atoms with Crippen molar-refractivity contribution in [3.05, 3.63) is 30.1 Å². The Labute approximate surface area is 114 Å². The van der Waals surface area contributed by atoms with Crippen molar-refractivity contribution in [3.63, 3.8) is 0 Å². The number of hydrogen-bond donors (Lipinski definition) is 1. The number of ether oxygens (including phenoxy) is 1. The van der Waals surface area contributed by atoms with Crippen LogP contribution in [0, 0.1) is 0 Å². The van der Waals surface area contributed by atoms with Crippen molar-refractivity contribution in [2.45, 2.75) is 29.7 Å². The predicted octanol–water partition coefficient (Wildman–Crippen LogP) is 2.30. The quantitative estimate of drug-likeness (QED) is 0.933. The van der Waals surface area contributed by atoms with Crippen LogP contribution in [0.3, 0.4) is 0 Å². The number of thioether (sulfide) groups is 1. The lowest BCUT2D eigenvalue weighted by Crippen LogP contribution is -2.14. The minimum Gasteiger partial charge on any atom is -0.476 e. The van der Waals surface area contributed by atoms with Crippen LogP contribution in [-0.4, -0.2) is 38.4 Å². The number of carboxylic acids is 1. The molecule has 0 aliphatic carbocycles. The number of rotatable bonds is 3. The van der Waals surface area contributed by atoms with Gasteiger partial charge in [-0.2, -0.15) is 0 Å². The van der Waals surface area contributed by atoms with Crippen LogP contribution in [0.15, 0.2) is 29.4 Å². The fraction of sp³-hybridized carbons (Fsp3) is 0.385. The van der Waals surface area contributed by atoms with Gasteiger partial charge in [-0.1, -0.05) is 17.8 Å². The highest BCUT2D eigenvalue weighted by molar-refractivity contribution is 8.00. The van der Waals surface area contributed by atoms with E-state index in [2.05, 4.69) is 4.98 Å². The molecule has 3 heterocycles. The second-order valence-electron chi connectivity index (χ2n) is 4.52. The van der Waals surface area contributed by atoms with E-state index in [1.807, 2.05) is 19.1 Å². The van der Waals surface area contributed by atoms with Gasteiger partial charge < -0.3 is 9.84 Å². The van der Waals surface area contributed by atoms with Gasteiger partial charge in [-0.05, 0) is 25.5 Å². The summed E-state index contributed by atoms with van der Waals surface area (Å²) < 4.78 is 7.13. The molecular weight excluding hydrogens is 264 g/mol. The van der Waals surface area contributed by atoms with Crippen LogP contribution in [-0.2, 0) is 4.74 Å². The first-order valence-corrected chi connectivity index (χ1v) is 7.03. The van der Waals surface area contributed by atoms with Gasteiger partial charge in [0.05, 0.1) is 6.10 Å². The number of aromatic carboxylic acids is 1. The molecule has 19 heavy (non-hydrogen) atoms. The first kappa shape index (κ1) is 12.5. The van der Waals surface area contributed by atoms with Crippen LogP contribution in [0.5, 0.6) is 0 Å². The third-order valence-corrected chi connectivity index (χ3v) is 4.70. The average molecular weight is 278 g/mol. The van der Waals surface area contributed by atoms with E-state index in [0.29, 0.717) is 10.7 Å². The molecule has 1 saturated heterocycles. The molecule has 0 bridgehead atoms. The number of pyridine rings is 1. The number of imidazole rings is 1. The summed E-state index contributed by atoms with van der Waals surface area (Å²) in [5.74, 6) is -0.951. The number of nitrogens with zero attached hydrogens (tertiary/aromatic N) is 2. The molecule has 1 fully saturated rings. The summed E-state index contributed by atoms with van der Waals surface area (Å²) in [6.45, 7) is 2.75. The Kier molecular flexibility index (Phi) is 3.20. The van der Waals surface area contributed by atoms with Crippen molar-refractivity contribution < 1.29 is 14.6 Å². The number of fused-ring (bicyclic) bond motifs is 1. The highest BCUT2D eigenvalue weighted by atomic mass is 32.2. The molecule has 0 amide bonds. The molecule has 0 radical (unpaired) electrons. The van der Waals surface area contributed by atoms with Crippen molar-refractivity contribution in [2.24, 2.45) is 0 Å². The number of hydrogen-bond acceptors (Lipinski definition) is 4. The zero-order chi connectivity index (χ0) is 13.4. The van der Waals surface area contributed by atoms with E-state index >= 15 is 0 Å². The molecule has 1 aliphatic rings. The molecule has 5 nitrogen and oxygen atoms in total. The van der Waals surface area contributed by atoms with Crippen molar-refractivity contribution in [1.82, 2.24) is 9.38 Å². The number of carbonyl (C=O) groups is 1. The lowest BCUT2D eigenvalue weighted by atomic mass is 10.3. The molecule has 1 N–H and O–H groups in total. The average Bonchev–Trinajstić information content (AvgIpc) is 2.93. The van der Waals surface area contributed by atoms with Gasteiger partial charge in [0, 0.05) is 18.1 Å². The van der Waals surface area contributed by atoms with Crippen LogP contribution in [0.2, 0.25) is 0 Å². The molecule has 2 atom stereocenters. The Balaban J connectivity index is 2.02. The van der Waals surface area contributed by atoms with E-state index in [1.165, 1.54) is 11.8 Å². The molecule has 2 aromatic rings. The maximum atomic E-state index is 11.4. The van der Waals surface area contributed by atoms with Crippen LogP contribution in [0.4, 0.5) is 0 Å². The molecule has 6 heteroatoms. The fourth-order valence-corrected chi connectivity index (χ4v) is 3.48. The summed E-state index contributed by atoms with van der Waals surface area (Å²) >= 11 is 1.50. The largest absolute Gasteiger partial charge is 0.476 e. The minimum atomic E-state index is -0.951. The molecule has 2 unspecified atom stereocenters. The summed E-state index contributed by atoms with van der Waals surface area (Å²) in [5, 5.41) is 10.2. The van der Waals surface area contributed by atoms with Gasteiger partial charge in [0.15, 0.2) is 5.69 Å². The van der Waals surface area contributed by atoms with Crippen molar-refractivity contribution in [1.29, 1.82) is 0 Å². The standard InChI is InChI=1S/C13H14N2O3S/c1-8-9(5-7-18-8)19-12-11(13(16)17)15-6-3-2-4-10(15)14-12/h2-4,6,8-9H,5,7H2,1H3,(H,16,17). The van der Waals surface area contributed by atoms with E-state index in [-0.39, 0.29) is 17.0 Å². The van der Waals surface area contributed by atoms with Crippen molar-refractivity contribution in [2.75, 3.05) is 6.61 Å². The molecule has 100 valence electrons. The summed E-state index contributed by atoms with van der Waals surface area (Å²) in [7, 11) is 0. The highest BCUT2D eigenvalue weighted by Crippen LogP contribution is 2.34. The Morgan fingerprint density at radius 3 is 3.11 bits per heavy atom. The van der Waals surface area contributed by atoms with Crippen LogP contribution in [0.1, 0.15) is 23.8 Å². The topological polar surface area (TPSA) is 63.8 Å². The van der Waals surface area contributed by atoms with Gasteiger partial charge in [0.25, 0.3) is 0 Å². The highest BCUT2D eigenvalue weighted by Gasteiger charge is 2.29. The van der Waals surface area contributed by atoms with E-state index in [0.717, 1.165) is 13.0 Å². The van der Waals surface area contributed by atoms with Gasteiger partial charge in [0.2, 0.25) is 0 Å². The van der Waals surface area contributed by atoms with Crippen LogP contribution in [0.25, 0.3) is 5.65 Å². The fourth-order valence-electron chi connectivity index (χ4n) is 2.26. The normalized spacial score (nSPS) is 23.0. The van der Waals surface area contributed by atoms with Crippen LogP contribution >= 0.6 is 11.8 Å². The number of aromatic nitrogens is 2. The molecular formula is C13H14N2O3S. The molecule has 0 saturated carbocycles. The van der Waals surface area contributed by atoms with Gasteiger partial charge in [-0.15, -0.1) is 0 Å². The minimum absolute atomic E-state index is 0.136. The smallest absolute Gasteiger partial charge is 0.355 e. The molecule has 0 spiro atoms. The second-order valence-corrected chi connectivity index (χ2v) is 5.75. The van der Waals surface area contributed by atoms with E-state index in [1.54, 1.807) is 16.7 Å². The summed E-state index contributed by atoms with van der Waals surface area (Å²) in [6, 6.07) is 5.46. The van der Waals surface area contributed by atoms with Gasteiger partial charge in [-0.25, -0.2) is 9.78 Å². The summed E-state index contributed by atoms with van der Waals surface area (Å²) in [6.07, 6.45) is 2.79. The SMILES string of the molecule is CC1OCCC1Sc1nc2ccccn2c1C(=O)O. The lowest BCUT2D eigenvalue weighted by Gasteiger charge is -2.11. The predicted molar refractivity (Wildman–Crippen MR) is 71.8 cm³/mol. The first-order chi connectivity index (χ1) is 9.16. The maximum absolute atomic E-state index is 11.4. The lowest BCUT2D eigenvalue weighted by molar-refractivity contribution is 0.0685. The molecule has 1 aliphatic heterocycles. The van der Waals surface area contributed by atoms with E-state index < -0.39 is 5.97 Å². The Morgan fingerprint density at radius 2 is 2.42 bits per heavy atom. The van der Waals surface area contributed by atoms with E-state index in [4.69, 9.17) is 4.74 Å².